The highest BCUT2D eigenvalue weighted by atomic mass is 79.9. The van der Waals surface area contributed by atoms with Crippen LogP contribution in [0.2, 0.25) is 0 Å². The third-order valence-electron chi connectivity index (χ3n) is 3.55. The molecule has 4 heteroatoms. The van der Waals surface area contributed by atoms with Gasteiger partial charge in [0.2, 0.25) is 0 Å². The predicted octanol–water partition coefficient (Wildman–Crippen LogP) is 3.59. The molecule has 1 fully saturated rings. The van der Waals surface area contributed by atoms with Crippen molar-refractivity contribution in [2.45, 2.75) is 32.0 Å². The van der Waals surface area contributed by atoms with E-state index in [4.69, 9.17) is 5.73 Å². The Balaban J connectivity index is 1.71. The quantitative estimate of drug-likeness (QED) is 0.851. The Kier molecular flexibility index (Phi) is 4.03. The van der Waals surface area contributed by atoms with E-state index in [2.05, 4.69) is 44.0 Å². The fourth-order valence-electron chi connectivity index (χ4n) is 2.39. The first-order chi connectivity index (χ1) is 9.70. The molecule has 0 saturated heterocycles. The molecule has 0 amide bonds. The third-order valence-corrected chi connectivity index (χ3v) is 4.02. The van der Waals surface area contributed by atoms with Gasteiger partial charge < -0.3 is 5.73 Å². The summed E-state index contributed by atoms with van der Waals surface area (Å²) in [5.74, 6) is 0. The highest BCUT2D eigenvalue weighted by Crippen LogP contribution is 2.29. The van der Waals surface area contributed by atoms with Crippen molar-refractivity contribution >= 4 is 21.6 Å². The Bertz CT molecular complexity index is 579. The third kappa shape index (κ3) is 3.58. The minimum atomic E-state index is 0.696. The number of rotatable bonds is 5. The van der Waals surface area contributed by atoms with Crippen LogP contribution in [-0.4, -0.2) is 15.9 Å². The van der Waals surface area contributed by atoms with E-state index in [0.717, 1.165) is 28.9 Å². The molecule has 2 N–H and O–H groups in total. The first-order valence-corrected chi connectivity index (χ1v) is 7.69. The normalized spacial score (nSPS) is 14.7. The number of pyridine rings is 1. The first-order valence-electron chi connectivity index (χ1n) is 6.89. The maximum Gasteiger partial charge on any atom is 0.0545 e. The summed E-state index contributed by atoms with van der Waals surface area (Å²) in [6.07, 6.45) is 4.44. The number of nitrogens with two attached hydrogens (primary N) is 1. The van der Waals surface area contributed by atoms with Gasteiger partial charge in [-0.25, -0.2) is 0 Å². The van der Waals surface area contributed by atoms with Crippen molar-refractivity contribution in [1.29, 1.82) is 0 Å². The van der Waals surface area contributed by atoms with Crippen molar-refractivity contribution in [3.8, 4) is 0 Å². The number of benzene rings is 1. The maximum atomic E-state index is 5.86. The van der Waals surface area contributed by atoms with E-state index in [1.165, 1.54) is 18.4 Å². The number of anilines is 1. The second-order valence-electron chi connectivity index (χ2n) is 5.35. The van der Waals surface area contributed by atoms with Crippen molar-refractivity contribution < 1.29 is 0 Å². The van der Waals surface area contributed by atoms with Gasteiger partial charge >= 0.3 is 0 Å². The lowest BCUT2D eigenvalue weighted by Crippen LogP contribution is -2.25. The van der Waals surface area contributed by atoms with Gasteiger partial charge in [-0.1, -0.05) is 12.1 Å². The first kappa shape index (κ1) is 13.6. The molecule has 0 atom stereocenters. The molecule has 1 aromatic heterocycles. The molecule has 2 aromatic rings. The van der Waals surface area contributed by atoms with E-state index in [1.54, 1.807) is 0 Å². The zero-order valence-corrected chi connectivity index (χ0v) is 12.9. The van der Waals surface area contributed by atoms with Crippen molar-refractivity contribution in [1.82, 2.24) is 9.88 Å². The lowest BCUT2D eigenvalue weighted by Gasteiger charge is -2.21. The zero-order valence-electron chi connectivity index (χ0n) is 11.3. The van der Waals surface area contributed by atoms with E-state index in [0.29, 0.717) is 6.04 Å². The molecule has 20 heavy (non-hydrogen) atoms. The molecule has 0 aliphatic heterocycles. The molecule has 0 spiro atoms. The number of halogens is 1. The van der Waals surface area contributed by atoms with E-state index >= 15 is 0 Å². The van der Waals surface area contributed by atoms with Gasteiger partial charge in [-0.3, -0.25) is 9.88 Å². The van der Waals surface area contributed by atoms with Crippen LogP contribution in [0, 0.1) is 0 Å². The number of nitrogen functional groups attached to an aromatic ring is 1. The van der Waals surface area contributed by atoms with E-state index in [1.807, 2.05) is 24.4 Å². The fraction of sp³-hybridized carbons (Fsp3) is 0.312. The molecule has 1 aliphatic carbocycles. The van der Waals surface area contributed by atoms with Crippen LogP contribution in [0.4, 0.5) is 5.69 Å². The van der Waals surface area contributed by atoms with Crippen LogP contribution in [-0.2, 0) is 13.1 Å². The fourth-order valence-corrected chi connectivity index (χ4v) is 2.62. The smallest absolute Gasteiger partial charge is 0.0545 e. The van der Waals surface area contributed by atoms with Gasteiger partial charge in [-0.2, -0.15) is 0 Å². The predicted molar refractivity (Wildman–Crippen MR) is 85.1 cm³/mol. The molecule has 1 aliphatic rings. The monoisotopic (exact) mass is 331 g/mol. The Morgan fingerprint density at radius 2 is 2.05 bits per heavy atom. The van der Waals surface area contributed by atoms with Crippen LogP contribution >= 0.6 is 15.9 Å². The molecule has 0 bridgehead atoms. The molecule has 1 saturated carbocycles. The largest absolute Gasteiger partial charge is 0.399 e. The molecule has 0 unspecified atom stereocenters. The van der Waals surface area contributed by atoms with Gasteiger partial charge in [0.05, 0.1) is 5.69 Å². The summed E-state index contributed by atoms with van der Waals surface area (Å²) < 4.78 is 1.02. The lowest BCUT2D eigenvalue weighted by molar-refractivity contribution is 0.243. The summed E-state index contributed by atoms with van der Waals surface area (Å²) >= 11 is 3.42. The summed E-state index contributed by atoms with van der Waals surface area (Å²) in [6, 6.07) is 13.0. The van der Waals surface area contributed by atoms with Crippen LogP contribution in [0.3, 0.4) is 0 Å². The molecular formula is C16H18BrN3. The van der Waals surface area contributed by atoms with Crippen LogP contribution < -0.4 is 5.73 Å². The molecular weight excluding hydrogens is 314 g/mol. The Hall–Kier alpha value is -1.39. The molecule has 1 heterocycles. The highest BCUT2D eigenvalue weighted by Gasteiger charge is 2.29. The van der Waals surface area contributed by atoms with Gasteiger partial charge in [-0.05, 0) is 58.6 Å². The molecule has 3 rings (SSSR count). The molecule has 104 valence electrons. The second-order valence-corrected chi connectivity index (χ2v) is 6.26. The zero-order chi connectivity index (χ0) is 13.9. The second kappa shape index (κ2) is 5.94. The molecule has 0 radical (unpaired) electrons. The number of hydrogen-bond donors (Lipinski definition) is 1. The topological polar surface area (TPSA) is 42.1 Å². The van der Waals surface area contributed by atoms with E-state index < -0.39 is 0 Å². The lowest BCUT2D eigenvalue weighted by atomic mass is 10.2. The highest BCUT2D eigenvalue weighted by molar-refractivity contribution is 9.10. The Labute approximate surface area is 127 Å². The van der Waals surface area contributed by atoms with Gasteiger partial charge in [0.25, 0.3) is 0 Å². The van der Waals surface area contributed by atoms with Crippen LogP contribution in [0.15, 0.2) is 47.1 Å². The van der Waals surface area contributed by atoms with E-state index in [9.17, 15) is 0 Å². The van der Waals surface area contributed by atoms with E-state index in [-0.39, 0.29) is 0 Å². The SMILES string of the molecule is Nc1cccc(CN(Cc2ccc(Br)cn2)C2CC2)c1. The van der Waals surface area contributed by atoms with Crippen molar-refractivity contribution in [3.05, 3.63) is 58.3 Å². The van der Waals surface area contributed by atoms with Gasteiger partial charge in [0.15, 0.2) is 0 Å². The minimum absolute atomic E-state index is 0.696. The van der Waals surface area contributed by atoms with Crippen molar-refractivity contribution in [3.63, 3.8) is 0 Å². The summed E-state index contributed by atoms with van der Waals surface area (Å²) in [4.78, 5) is 6.97. The number of nitrogens with zero attached hydrogens (tertiary/aromatic N) is 2. The van der Waals surface area contributed by atoms with Gasteiger partial charge in [0, 0.05) is 35.5 Å². The van der Waals surface area contributed by atoms with Crippen molar-refractivity contribution in [2.24, 2.45) is 0 Å². The Morgan fingerprint density at radius 3 is 2.70 bits per heavy atom. The van der Waals surface area contributed by atoms with Gasteiger partial charge in [-0.15, -0.1) is 0 Å². The average Bonchev–Trinajstić information content (AvgIpc) is 3.25. The molecule has 1 aromatic carbocycles. The summed E-state index contributed by atoms with van der Waals surface area (Å²) in [5.41, 5.74) is 9.08. The number of aromatic nitrogens is 1. The summed E-state index contributed by atoms with van der Waals surface area (Å²) in [7, 11) is 0. The van der Waals surface area contributed by atoms with Crippen LogP contribution in [0.1, 0.15) is 24.1 Å². The standard InChI is InChI=1S/C16H18BrN3/c17-13-4-5-15(19-9-13)11-20(16-6-7-16)10-12-2-1-3-14(18)8-12/h1-5,8-9,16H,6-7,10-11,18H2. The Morgan fingerprint density at radius 1 is 1.20 bits per heavy atom. The van der Waals surface area contributed by atoms with Crippen LogP contribution in [0.5, 0.6) is 0 Å². The minimum Gasteiger partial charge on any atom is -0.399 e. The number of hydrogen-bond acceptors (Lipinski definition) is 3. The van der Waals surface area contributed by atoms with Crippen molar-refractivity contribution in [2.75, 3.05) is 5.73 Å². The van der Waals surface area contributed by atoms with Gasteiger partial charge in [0.1, 0.15) is 0 Å². The van der Waals surface area contributed by atoms with Crippen LogP contribution in [0.25, 0.3) is 0 Å². The average molecular weight is 332 g/mol. The maximum absolute atomic E-state index is 5.86. The molecule has 3 nitrogen and oxygen atoms in total. The summed E-state index contributed by atoms with van der Waals surface area (Å²) in [5, 5.41) is 0. The summed E-state index contributed by atoms with van der Waals surface area (Å²) in [6.45, 7) is 1.83.